The van der Waals surface area contributed by atoms with Crippen molar-refractivity contribution in [1.29, 1.82) is 0 Å². The minimum absolute atomic E-state index is 0.0148. The van der Waals surface area contributed by atoms with Gasteiger partial charge in [-0.05, 0) is 45.0 Å². The Kier molecular flexibility index (Phi) is 4.26. The molecule has 0 aliphatic heterocycles. The summed E-state index contributed by atoms with van der Waals surface area (Å²) in [6, 6.07) is 6.80. The van der Waals surface area contributed by atoms with Crippen LogP contribution >= 0.6 is 0 Å². The van der Waals surface area contributed by atoms with E-state index in [9.17, 15) is 9.59 Å². The van der Waals surface area contributed by atoms with Gasteiger partial charge in [-0.3, -0.25) is 14.7 Å². The van der Waals surface area contributed by atoms with Crippen LogP contribution in [0.2, 0.25) is 0 Å². The van der Waals surface area contributed by atoms with E-state index in [1.165, 1.54) is 10.9 Å². The number of hydrogen-bond acceptors (Lipinski definition) is 5. The van der Waals surface area contributed by atoms with E-state index in [4.69, 9.17) is 16.2 Å². The summed E-state index contributed by atoms with van der Waals surface area (Å²) in [7, 11) is 0. The summed E-state index contributed by atoms with van der Waals surface area (Å²) in [6.07, 6.45) is 0.870. The van der Waals surface area contributed by atoms with Crippen LogP contribution in [-0.2, 0) is 4.74 Å². The first-order chi connectivity index (χ1) is 10.7. The van der Waals surface area contributed by atoms with Crippen LogP contribution in [0.3, 0.4) is 0 Å². The summed E-state index contributed by atoms with van der Waals surface area (Å²) in [5.74, 6) is -0.533. The smallest absolute Gasteiger partial charge is 0.412 e. The quantitative estimate of drug-likeness (QED) is 0.797. The van der Waals surface area contributed by atoms with Crippen molar-refractivity contribution in [2.45, 2.75) is 26.4 Å². The Hall–Kier alpha value is -3.03. The Labute approximate surface area is 133 Å². The number of anilines is 2. The minimum atomic E-state index is -0.690. The lowest BCUT2D eigenvalue weighted by molar-refractivity contribution is 0.0635. The summed E-state index contributed by atoms with van der Waals surface area (Å²) in [6.45, 7) is 5.36. The lowest BCUT2D eigenvalue weighted by Gasteiger charge is -2.19. The van der Waals surface area contributed by atoms with Crippen molar-refractivity contribution in [2.24, 2.45) is 5.73 Å². The molecule has 8 heteroatoms. The zero-order valence-electron chi connectivity index (χ0n) is 13.2. The standard InChI is InChI=1S/C15H19N5O3/c1-15(2,3)23-14(22)19-9-4-6-10(7-5-9)20-8-18-11(12(20)16)13(17)21/h4-8H,16H2,1-3H3,(H2,17,21)(H,19,22). The molecule has 0 radical (unpaired) electrons. The first kappa shape index (κ1) is 16.3. The number of nitrogens with zero attached hydrogens (tertiary/aromatic N) is 2. The topological polar surface area (TPSA) is 125 Å². The number of amides is 2. The second-order valence-electron chi connectivity index (χ2n) is 5.89. The Bertz CT molecular complexity index is 729. The number of rotatable bonds is 3. The van der Waals surface area contributed by atoms with E-state index in [2.05, 4.69) is 10.3 Å². The molecule has 0 saturated carbocycles. The maximum Gasteiger partial charge on any atom is 0.412 e. The third-order valence-corrected chi connectivity index (χ3v) is 2.83. The predicted molar refractivity (Wildman–Crippen MR) is 86.4 cm³/mol. The normalized spacial score (nSPS) is 11.1. The Morgan fingerprint density at radius 1 is 1.22 bits per heavy atom. The Balaban J connectivity index is 2.14. The number of primary amides is 1. The highest BCUT2D eigenvalue weighted by Crippen LogP contribution is 2.19. The number of aromatic nitrogens is 2. The fourth-order valence-electron chi connectivity index (χ4n) is 1.88. The van der Waals surface area contributed by atoms with Crippen molar-refractivity contribution in [2.75, 3.05) is 11.1 Å². The molecular weight excluding hydrogens is 298 g/mol. The van der Waals surface area contributed by atoms with Crippen molar-refractivity contribution >= 4 is 23.5 Å². The molecule has 2 rings (SSSR count). The van der Waals surface area contributed by atoms with Crippen LogP contribution in [0.1, 0.15) is 31.3 Å². The van der Waals surface area contributed by atoms with Crippen LogP contribution in [-0.4, -0.2) is 27.2 Å². The van der Waals surface area contributed by atoms with Crippen molar-refractivity contribution in [3.63, 3.8) is 0 Å². The van der Waals surface area contributed by atoms with Crippen LogP contribution in [0, 0.1) is 0 Å². The first-order valence-corrected chi connectivity index (χ1v) is 6.90. The molecule has 23 heavy (non-hydrogen) atoms. The Morgan fingerprint density at radius 2 is 1.83 bits per heavy atom. The summed E-state index contributed by atoms with van der Waals surface area (Å²) >= 11 is 0. The van der Waals surface area contributed by atoms with Gasteiger partial charge in [0.2, 0.25) is 0 Å². The lowest BCUT2D eigenvalue weighted by Crippen LogP contribution is -2.27. The molecule has 0 spiro atoms. The average Bonchev–Trinajstić information content (AvgIpc) is 2.79. The Morgan fingerprint density at radius 3 is 2.30 bits per heavy atom. The van der Waals surface area contributed by atoms with Gasteiger partial charge >= 0.3 is 6.09 Å². The third kappa shape index (κ3) is 4.00. The van der Waals surface area contributed by atoms with Gasteiger partial charge in [0.05, 0.1) is 0 Å². The molecule has 8 nitrogen and oxygen atoms in total. The monoisotopic (exact) mass is 317 g/mol. The fraction of sp³-hybridized carbons (Fsp3) is 0.267. The number of imidazole rings is 1. The maximum absolute atomic E-state index is 11.7. The highest BCUT2D eigenvalue weighted by atomic mass is 16.6. The largest absolute Gasteiger partial charge is 0.444 e. The molecule has 1 aromatic carbocycles. The number of nitrogen functional groups attached to an aromatic ring is 1. The fourth-order valence-corrected chi connectivity index (χ4v) is 1.88. The molecule has 5 N–H and O–H groups in total. The highest BCUT2D eigenvalue weighted by molar-refractivity contribution is 5.95. The number of ether oxygens (including phenoxy) is 1. The molecule has 0 aliphatic carbocycles. The second kappa shape index (κ2) is 5.99. The van der Waals surface area contributed by atoms with E-state index in [1.807, 2.05) is 0 Å². The van der Waals surface area contributed by atoms with Crippen LogP contribution in [0.4, 0.5) is 16.3 Å². The van der Waals surface area contributed by atoms with Gasteiger partial charge in [-0.15, -0.1) is 0 Å². The van der Waals surface area contributed by atoms with Crippen molar-refractivity contribution < 1.29 is 14.3 Å². The predicted octanol–water partition coefficient (Wildman–Crippen LogP) is 1.90. The number of carbonyl (C=O) groups is 2. The molecule has 0 unspecified atom stereocenters. The van der Waals surface area contributed by atoms with E-state index in [-0.39, 0.29) is 11.5 Å². The van der Waals surface area contributed by atoms with Crippen LogP contribution in [0.5, 0.6) is 0 Å². The van der Waals surface area contributed by atoms with Crippen LogP contribution in [0.15, 0.2) is 30.6 Å². The number of hydrogen-bond donors (Lipinski definition) is 3. The van der Waals surface area contributed by atoms with Gasteiger partial charge in [-0.2, -0.15) is 0 Å². The number of nitrogens with two attached hydrogens (primary N) is 2. The summed E-state index contributed by atoms with van der Waals surface area (Å²) in [5, 5.41) is 2.62. The van der Waals surface area contributed by atoms with Gasteiger partial charge < -0.3 is 16.2 Å². The minimum Gasteiger partial charge on any atom is -0.444 e. The molecule has 2 aromatic rings. The third-order valence-electron chi connectivity index (χ3n) is 2.83. The number of carbonyl (C=O) groups excluding carboxylic acids is 2. The second-order valence-corrected chi connectivity index (χ2v) is 5.89. The SMILES string of the molecule is CC(C)(C)OC(=O)Nc1ccc(-n2cnc(C(N)=O)c2N)cc1. The molecule has 1 aromatic heterocycles. The van der Waals surface area contributed by atoms with E-state index < -0.39 is 17.6 Å². The molecule has 0 bridgehead atoms. The molecular formula is C15H19N5O3. The van der Waals surface area contributed by atoms with Gasteiger partial charge in [-0.1, -0.05) is 0 Å². The highest BCUT2D eigenvalue weighted by Gasteiger charge is 2.16. The average molecular weight is 317 g/mol. The molecule has 0 fully saturated rings. The van der Waals surface area contributed by atoms with E-state index >= 15 is 0 Å². The van der Waals surface area contributed by atoms with E-state index in [1.54, 1.807) is 45.0 Å². The van der Waals surface area contributed by atoms with Crippen molar-refractivity contribution in [1.82, 2.24) is 9.55 Å². The van der Waals surface area contributed by atoms with Gasteiger partial charge in [0.15, 0.2) is 5.69 Å². The zero-order chi connectivity index (χ0) is 17.2. The molecule has 0 aliphatic rings. The lowest BCUT2D eigenvalue weighted by atomic mass is 10.2. The molecule has 2 amide bonds. The van der Waals surface area contributed by atoms with Gasteiger partial charge in [0, 0.05) is 11.4 Å². The number of nitrogens with one attached hydrogen (secondary N) is 1. The van der Waals surface area contributed by atoms with E-state index in [0.29, 0.717) is 11.4 Å². The number of benzene rings is 1. The van der Waals surface area contributed by atoms with Crippen LogP contribution < -0.4 is 16.8 Å². The summed E-state index contributed by atoms with van der Waals surface area (Å²) in [4.78, 5) is 26.7. The zero-order valence-corrected chi connectivity index (χ0v) is 13.2. The molecule has 122 valence electrons. The van der Waals surface area contributed by atoms with Crippen LogP contribution in [0.25, 0.3) is 5.69 Å². The molecule has 1 heterocycles. The van der Waals surface area contributed by atoms with Crippen molar-refractivity contribution in [3.8, 4) is 5.69 Å². The van der Waals surface area contributed by atoms with E-state index in [0.717, 1.165) is 0 Å². The van der Waals surface area contributed by atoms with Crippen molar-refractivity contribution in [3.05, 3.63) is 36.3 Å². The van der Waals surface area contributed by atoms with Gasteiger partial charge in [0.25, 0.3) is 5.91 Å². The maximum atomic E-state index is 11.7. The molecule has 0 atom stereocenters. The van der Waals surface area contributed by atoms with Gasteiger partial charge in [-0.25, -0.2) is 9.78 Å². The molecule has 0 saturated heterocycles. The summed E-state index contributed by atoms with van der Waals surface area (Å²) in [5.41, 5.74) is 11.7. The van der Waals surface area contributed by atoms with Gasteiger partial charge in [0.1, 0.15) is 17.7 Å². The first-order valence-electron chi connectivity index (χ1n) is 6.90. The summed E-state index contributed by atoms with van der Waals surface area (Å²) < 4.78 is 6.69.